The average Bonchev–Trinajstić information content (AvgIpc) is 3.10. The van der Waals surface area contributed by atoms with E-state index in [1.807, 2.05) is 0 Å². The lowest BCUT2D eigenvalue weighted by atomic mass is 10.0. The minimum Gasteiger partial charge on any atom is -0.366 e. The van der Waals surface area contributed by atoms with E-state index in [1.54, 1.807) is 15.6 Å². The van der Waals surface area contributed by atoms with Crippen LogP contribution in [0.5, 0.6) is 0 Å². The highest BCUT2D eigenvalue weighted by atomic mass is 19.1. The summed E-state index contributed by atoms with van der Waals surface area (Å²) in [4.78, 5) is 25.5. The van der Waals surface area contributed by atoms with E-state index in [2.05, 4.69) is 10.3 Å². The number of halogens is 2. The van der Waals surface area contributed by atoms with E-state index in [0.717, 1.165) is 12.5 Å². The first-order valence-electron chi connectivity index (χ1n) is 8.83. The average molecular weight is 385 g/mol. The highest BCUT2D eigenvalue weighted by Gasteiger charge is 2.28. The van der Waals surface area contributed by atoms with Crippen LogP contribution in [0, 0.1) is 11.6 Å². The summed E-state index contributed by atoms with van der Waals surface area (Å²) in [5.41, 5.74) is 6.15. The lowest BCUT2D eigenvalue weighted by molar-refractivity contribution is 0.0669. The largest absolute Gasteiger partial charge is 0.366 e. The van der Waals surface area contributed by atoms with E-state index in [4.69, 9.17) is 5.73 Å². The standard InChI is InChI=1S/C19H17F2N5O2/c20-12-4-6-17-16(9-12)23-24-26(17)13-2-1-7-25(10-13)19(28)14-5-3-11(18(22)27)8-15(14)21/h3-6,8-9,13H,1-2,7,10H2,(H2,22,27)/t13-/m0/s1. The van der Waals surface area contributed by atoms with Crippen LogP contribution in [0.25, 0.3) is 11.0 Å². The maximum atomic E-state index is 14.3. The first-order valence-corrected chi connectivity index (χ1v) is 8.83. The maximum Gasteiger partial charge on any atom is 0.256 e. The van der Waals surface area contributed by atoms with Gasteiger partial charge in [-0.05, 0) is 43.2 Å². The van der Waals surface area contributed by atoms with Crippen LogP contribution in [-0.2, 0) is 0 Å². The van der Waals surface area contributed by atoms with Crippen molar-refractivity contribution in [2.24, 2.45) is 5.73 Å². The lowest BCUT2D eigenvalue weighted by Crippen LogP contribution is -2.41. The van der Waals surface area contributed by atoms with Gasteiger partial charge in [0.2, 0.25) is 5.91 Å². The minimum atomic E-state index is -0.787. The predicted molar refractivity (Wildman–Crippen MR) is 96.6 cm³/mol. The molecular formula is C19H17F2N5O2. The molecule has 0 spiro atoms. The quantitative estimate of drug-likeness (QED) is 0.748. The fourth-order valence-corrected chi connectivity index (χ4v) is 3.54. The molecule has 144 valence electrons. The zero-order valence-corrected chi connectivity index (χ0v) is 14.8. The molecule has 9 heteroatoms. The monoisotopic (exact) mass is 385 g/mol. The van der Waals surface area contributed by atoms with Crippen LogP contribution in [0.4, 0.5) is 8.78 Å². The Hall–Kier alpha value is -3.36. The molecule has 2 heterocycles. The van der Waals surface area contributed by atoms with Gasteiger partial charge in [-0.1, -0.05) is 5.21 Å². The van der Waals surface area contributed by atoms with Crippen LogP contribution in [0.1, 0.15) is 39.6 Å². The molecule has 0 radical (unpaired) electrons. The molecule has 1 aliphatic rings. The number of likely N-dealkylation sites (tertiary alicyclic amines) is 1. The van der Waals surface area contributed by atoms with Crippen LogP contribution in [0.15, 0.2) is 36.4 Å². The molecular weight excluding hydrogens is 368 g/mol. The van der Waals surface area contributed by atoms with Gasteiger partial charge in [-0.3, -0.25) is 9.59 Å². The van der Waals surface area contributed by atoms with E-state index in [-0.39, 0.29) is 17.2 Å². The topological polar surface area (TPSA) is 94.1 Å². The van der Waals surface area contributed by atoms with Crippen molar-refractivity contribution in [3.05, 3.63) is 59.2 Å². The van der Waals surface area contributed by atoms with Gasteiger partial charge in [-0.2, -0.15) is 0 Å². The number of piperidine rings is 1. The number of hydrogen-bond donors (Lipinski definition) is 1. The van der Waals surface area contributed by atoms with Gasteiger partial charge >= 0.3 is 0 Å². The summed E-state index contributed by atoms with van der Waals surface area (Å²) < 4.78 is 29.4. The van der Waals surface area contributed by atoms with Crippen molar-refractivity contribution in [3.8, 4) is 0 Å². The molecule has 2 N–H and O–H groups in total. The van der Waals surface area contributed by atoms with Crippen molar-refractivity contribution < 1.29 is 18.4 Å². The van der Waals surface area contributed by atoms with Gasteiger partial charge in [0.25, 0.3) is 5.91 Å². The molecule has 1 aromatic heterocycles. The van der Waals surface area contributed by atoms with E-state index >= 15 is 0 Å². The minimum absolute atomic E-state index is 0.00638. The Morgan fingerprint density at radius 1 is 1.14 bits per heavy atom. The molecule has 1 aliphatic heterocycles. The van der Waals surface area contributed by atoms with Crippen LogP contribution in [0.2, 0.25) is 0 Å². The van der Waals surface area contributed by atoms with E-state index in [0.29, 0.717) is 30.5 Å². The SMILES string of the molecule is NC(=O)c1ccc(C(=O)N2CCC[C@H](n3nnc4cc(F)ccc43)C2)c(F)c1. The highest BCUT2D eigenvalue weighted by Crippen LogP contribution is 2.26. The Bertz CT molecular complexity index is 1080. The van der Waals surface area contributed by atoms with E-state index in [1.165, 1.54) is 24.3 Å². The first-order chi connectivity index (χ1) is 13.4. The summed E-state index contributed by atoms with van der Waals surface area (Å²) in [6.07, 6.45) is 1.47. The van der Waals surface area contributed by atoms with E-state index < -0.39 is 23.4 Å². The molecule has 1 fully saturated rings. The van der Waals surface area contributed by atoms with Crippen LogP contribution in [0.3, 0.4) is 0 Å². The van der Waals surface area contributed by atoms with Crippen molar-refractivity contribution in [1.82, 2.24) is 19.9 Å². The summed E-state index contributed by atoms with van der Waals surface area (Å²) in [7, 11) is 0. The normalized spacial score (nSPS) is 17.1. The molecule has 28 heavy (non-hydrogen) atoms. The lowest BCUT2D eigenvalue weighted by Gasteiger charge is -2.33. The molecule has 1 saturated heterocycles. The number of hydrogen-bond acceptors (Lipinski definition) is 4. The molecule has 0 bridgehead atoms. The summed E-state index contributed by atoms with van der Waals surface area (Å²) in [5, 5.41) is 8.10. The number of nitrogens with zero attached hydrogens (tertiary/aromatic N) is 4. The molecule has 0 unspecified atom stereocenters. The number of aromatic nitrogens is 3. The number of fused-ring (bicyclic) bond motifs is 1. The molecule has 2 amide bonds. The Labute approximate surface area is 158 Å². The Balaban J connectivity index is 1.58. The number of carbonyl (C=O) groups excluding carboxylic acids is 2. The number of primary amides is 1. The summed E-state index contributed by atoms with van der Waals surface area (Å²) in [6.45, 7) is 0.805. The van der Waals surface area contributed by atoms with Gasteiger partial charge < -0.3 is 10.6 Å². The van der Waals surface area contributed by atoms with Crippen molar-refractivity contribution >= 4 is 22.8 Å². The van der Waals surface area contributed by atoms with Crippen LogP contribution in [-0.4, -0.2) is 44.8 Å². The second-order valence-corrected chi connectivity index (χ2v) is 6.77. The van der Waals surface area contributed by atoms with Gasteiger partial charge in [0.05, 0.1) is 17.1 Å². The third kappa shape index (κ3) is 3.19. The van der Waals surface area contributed by atoms with E-state index in [9.17, 15) is 18.4 Å². The van der Waals surface area contributed by atoms with Gasteiger partial charge in [-0.15, -0.1) is 5.10 Å². The number of nitrogens with two attached hydrogens (primary N) is 1. The number of amides is 2. The Morgan fingerprint density at radius 3 is 2.71 bits per heavy atom. The number of benzene rings is 2. The fourth-order valence-electron chi connectivity index (χ4n) is 3.54. The van der Waals surface area contributed by atoms with Gasteiger partial charge in [0.15, 0.2) is 0 Å². The maximum absolute atomic E-state index is 14.3. The molecule has 4 rings (SSSR count). The third-order valence-electron chi connectivity index (χ3n) is 4.95. The fraction of sp³-hybridized carbons (Fsp3) is 0.263. The molecule has 2 aromatic carbocycles. The zero-order chi connectivity index (χ0) is 19.8. The van der Waals surface area contributed by atoms with Crippen LogP contribution < -0.4 is 5.73 Å². The second kappa shape index (κ2) is 6.99. The second-order valence-electron chi connectivity index (χ2n) is 6.77. The Kier molecular flexibility index (Phi) is 4.50. The highest BCUT2D eigenvalue weighted by molar-refractivity contribution is 5.97. The summed E-state index contributed by atoms with van der Waals surface area (Å²) in [6, 6.07) is 7.67. The van der Waals surface area contributed by atoms with Gasteiger partial charge in [-0.25, -0.2) is 13.5 Å². The van der Waals surface area contributed by atoms with Gasteiger partial charge in [0, 0.05) is 24.7 Å². The molecule has 0 aliphatic carbocycles. The summed E-state index contributed by atoms with van der Waals surface area (Å²) >= 11 is 0. The third-order valence-corrected chi connectivity index (χ3v) is 4.95. The zero-order valence-electron chi connectivity index (χ0n) is 14.8. The van der Waals surface area contributed by atoms with Crippen molar-refractivity contribution in [2.45, 2.75) is 18.9 Å². The summed E-state index contributed by atoms with van der Waals surface area (Å²) in [5.74, 6) is -2.40. The van der Waals surface area contributed by atoms with Crippen molar-refractivity contribution in [2.75, 3.05) is 13.1 Å². The number of carbonyl (C=O) groups is 2. The molecule has 3 aromatic rings. The molecule has 7 nitrogen and oxygen atoms in total. The number of rotatable bonds is 3. The van der Waals surface area contributed by atoms with Crippen molar-refractivity contribution in [1.29, 1.82) is 0 Å². The predicted octanol–water partition coefficient (Wildman–Crippen LogP) is 2.29. The first kappa shape index (κ1) is 18.0. The molecule has 0 saturated carbocycles. The Morgan fingerprint density at radius 2 is 1.96 bits per heavy atom. The van der Waals surface area contributed by atoms with Crippen molar-refractivity contribution in [3.63, 3.8) is 0 Å². The smallest absolute Gasteiger partial charge is 0.256 e. The van der Waals surface area contributed by atoms with Gasteiger partial charge in [0.1, 0.15) is 17.2 Å². The van der Waals surface area contributed by atoms with Crippen LogP contribution >= 0.6 is 0 Å². The molecule has 1 atom stereocenters.